The molecule has 1 aromatic carbocycles. The van der Waals surface area contributed by atoms with E-state index in [9.17, 15) is 31.5 Å². The van der Waals surface area contributed by atoms with Gasteiger partial charge in [0.2, 0.25) is 5.91 Å². The number of benzene rings is 1. The predicted octanol–water partition coefficient (Wildman–Crippen LogP) is 2.58. The Morgan fingerprint density at radius 3 is 2.15 bits per heavy atom. The first-order chi connectivity index (χ1) is 8.96. The molecule has 3 N–H and O–H groups in total. The molecular weight excluding hydrogens is 311 g/mol. The van der Waals surface area contributed by atoms with Crippen LogP contribution in [0.4, 0.5) is 27.6 Å². The van der Waals surface area contributed by atoms with Crippen molar-refractivity contribution < 1.29 is 31.5 Å². The van der Waals surface area contributed by atoms with Gasteiger partial charge in [0.1, 0.15) is 0 Å². The van der Waals surface area contributed by atoms with Crippen LogP contribution in [0, 0.1) is 0 Å². The average Bonchev–Trinajstić information content (AvgIpc) is 2.29. The van der Waals surface area contributed by atoms with Crippen molar-refractivity contribution in [1.82, 2.24) is 0 Å². The van der Waals surface area contributed by atoms with Gasteiger partial charge in [0.05, 0.1) is 10.6 Å². The maximum Gasteiger partial charge on any atom is 0.463 e. The van der Waals surface area contributed by atoms with Crippen molar-refractivity contribution in [2.24, 2.45) is 5.73 Å². The lowest BCUT2D eigenvalue weighted by atomic mass is 10.2. The number of primary amides is 1. The van der Waals surface area contributed by atoms with E-state index in [4.69, 9.17) is 17.3 Å². The fraction of sp³-hybridized carbons (Fsp3) is 0.200. The summed E-state index contributed by atoms with van der Waals surface area (Å²) in [5.74, 6) is -9.18. The molecule has 0 spiro atoms. The van der Waals surface area contributed by atoms with E-state index >= 15 is 0 Å². The van der Waals surface area contributed by atoms with Gasteiger partial charge in [-0.2, -0.15) is 22.0 Å². The minimum atomic E-state index is -6.03. The van der Waals surface area contributed by atoms with Crippen LogP contribution in [-0.4, -0.2) is 23.9 Å². The standard InChI is InChI=1S/C10H6ClF5N2O2/c11-6-2-1-4(3-5(6)7(17)19)18-8(20)9(12,13)10(14,15)16/h1-3H,(H2,17,19)(H,18,20). The lowest BCUT2D eigenvalue weighted by Gasteiger charge is -2.18. The Hall–Kier alpha value is -1.90. The smallest absolute Gasteiger partial charge is 0.366 e. The zero-order valence-electron chi connectivity index (χ0n) is 9.39. The van der Waals surface area contributed by atoms with E-state index in [1.54, 1.807) is 0 Å². The number of nitrogens with two attached hydrogens (primary N) is 1. The average molecular weight is 317 g/mol. The molecule has 0 saturated carbocycles. The Labute approximate surface area is 113 Å². The highest BCUT2D eigenvalue weighted by Crippen LogP contribution is 2.36. The second-order valence-electron chi connectivity index (χ2n) is 3.59. The van der Waals surface area contributed by atoms with Gasteiger partial charge in [-0.15, -0.1) is 0 Å². The van der Waals surface area contributed by atoms with Crippen molar-refractivity contribution in [3.8, 4) is 0 Å². The van der Waals surface area contributed by atoms with Gasteiger partial charge in [0, 0.05) is 5.69 Å². The maximum absolute atomic E-state index is 12.7. The van der Waals surface area contributed by atoms with Crippen LogP contribution in [0.25, 0.3) is 0 Å². The summed E-state index contributed by atoms with van der Waals surface area (Å²) in [5.41, 5.74) is 4.10. The summed E-state index contributed by atoms with van der Waals surface area (Å²) >= 11 is 5.55. The van der Waals surface area contributed by atoms with Crippen LogP contribution in [0.5, 0.6) is 0 Å². The van der Waals surface area contributed by atoms with Crippen LogP contribution < -0.4 is 11.1 Å². The zero-order chi connectivity index (χ0) is 15.7. The number of alkyl halides is 5. The van der Waals surface area contributed by atoms with Gasteiger partial charge in [-0.1, -0.05) is 11.6 Å². The summed E-state index contributed by atoms with van der Waals surface area (Å²) in [6, 6.07) is 2.75. The third kappa shape index (κ3) is 3.16. The highest BCUT2D eigenvalue weighted by molar-refractivity contribution is 6.34. The van der Waals surface area contributed by atoms with E-state index in [0.717, 1.165) is 18.2 Å². The molecule has 4 nitrogen and oxygen atoms in total. The lowest BCUT2D eigenvalue weighted by Crippen LogP contribution is -2.47. The minimum Gasteiger partial charge on any atom is -0.366 e. The van der Waals surface area contributed by atoms with Gasteiger partial charge in [-0.3, -0.25) is 9.59 Å². The monoisotopic (exact) mass is 316 g/mol. The normalized spacial score (nSPS) is 12.1. The van der Waals surface area contributed by atoms with Crippen LogP contribution in [0.2, 0.25) is 5.02 Å². The molecule has 0 unspecified atom stereocenters. The number of hydrogen-bond acceptors (Lipinski definition) is 2. The molecule has 0 aliphatic carbocycles. The number of carbonyl (C=O) groups is 2. The maximum atomic E-state index is 12.7. The van der Waals surface area contributed by atoms with Gasteiger partial charge in [0.25, 0.3) is 0 Å². The fourth-order valence-corrected chi connectivity index (χ4v) is 1.34. The van der Waals surface area contributed by atoms with Crippen LogP contribution in [0.1, 0.15) is 10.4 Å². The van der Waals surface area contributed by atoms with Crippen molar-refractivity contribution in [2.75, 3.05) is 5.32 Å². The molecule has 110 valence electrons. The molecule has 10 heteroatoms. The molecule has 2 amide bonds. The Bertz CT molecular complexity index is 559. The lowest BCUT2D eigenvalue weighted by molar-refractivity contribution is -0.267. The molecule has 1 rings (SSSR count). The molecule has 0 radical (unpaired) electrons. The van der Waals surface area contributed by atoms with E-state index in [-0.39, 0.29) is 10.6 Å². The summed E-state index contributed by atoms with van der Waals surface area (Å²) < 4.78 is 61.2. The molecule has 0 fully saturated rings. The van der Waals surface area contributed by atoms with Crippen molar-refractivity contribution in [3.63, 3.8) is 0 Å². The topological polar surface area (TPSA) is 72.2 Å². The first-order valence-corrected chi connectivity index (χ1v) is 5.20. The van der Waals surface area contributed by atoms with Crippen LogP contribution in [-0.2, 0) is 4.79 Å². The Morgan fingerprint density at radius 1 is 1.15 bits per heavy atom. The van der Waals surface area contributed by atoms with Crippen molar-refractivity contribution >= 4 is 29.1 Å². The second kappa shape index (κ2) is 5.23. The minimum absolute atomic E-state index is 0.141. The van der Waals surface area contributed by atoms with Crippen molar-refractivity contribution in [3.05, 3.63) is 28.8 Å². The third-order valence-electron chi connectivity index (χ3n) is 2.13. The van der Waals surface area contributed by atoms with Crippen LogP contribution in [0.3, 0.4) is 0 Å². The summed E-state index contributed by atoms with van der Waals surface area (Å²) in [6.45, 7) is 0. The third-order valence-corrected chi connectivity index (χ3v) is 2.46. The number of hydrogen-bond donors (Lipinski definition) is 2. The van der Waals surface area contributed by atoms with Gasteiger partial charge >= 0.3 is 18.0 Å². The number of amides is 2. The molecule has 0 aliphatic heterocycles. The van der Waals surface area contributed by atoms with E-state index in [1.807, 2.05) is 0 Å². The molecule has 0 atom stereocenters. The van der Waals surface area contributed by atoms with Crippen LogP contribution in [0.15, 0.2) is 18.2 Å². The quantitative estimate of drug-likeness (QED) is 0.841. The largest absolute Gasteiger partial charge is 0.463 e. The summed E-state index contributed by atoms with van der Waals surface area (Å²) in [7, 11) is 0. The Balaban J connectivity index is 3.03. The molecule has 20 heavy (non-hydrogen) atoms. The second-order valence-corrected chi connectivity index (χ2v) is 3.99. The zero-order valence-corrected chi connectivity index (χ0v) is 10.1. The first-order valence-electron chi connectivity index (χ1n) is 4.82. The van der Waals surface area contributed by atoms with Gasteiger partial charge in [0.15, 0.2) is 0 Å². The molecule has 0 aliphatic rings. The summed E-state index contributed by atoms with van der Waals surface area (Å²) in [6.07, 6.45) is -6.03. The van der Waals surface area contributed by atoms with Gasteiger partial charge < -0.3 is 11.1 Å². The Kier molecular flexibility index (Phi) is 4.23. The number of halogens is 6. The Morgan fingerprint density at radius 2 is 1.70 bits per heavy atom. The highest BCUT2D eigenvalue weighted by Gasteiger charge is 2.63. The van der Waals surface area contributed by atoms with Crippen molar-refractivity contribution in [1.29, 1.82) is 0 Å². The van der Waals surface area contributed by atoms with E-state index < -0.39 is 29.6 Å². The highest BCUT2D eigenvalue weighted by atomic mass is 35.5. The van der Waals surface area contributed by atoms with Crippen LogP contribution >= 0.6 is 11.6 Å². The molecule has 1 aromatic rings. The van der Waals surface area contributed by atoms with E-state index in [1.165, 1.54) is 5.32 Å². The molecule has 0 bridgehead atoms. The number of carbonyl (C=O) groups excluding carboxylic acids is 2. The molecular formula is C10H6ClF5N2O2. The molecule has 0 saturated heterocycles. The number of rotatable bonds is 3. The SMILES string of the molecule is NC(=O)c1cc(NC(=O)C(F)(F)C(F)(F)F)ccc1Cl. The molecule has 0 aromatic heterocycles. The summed E-state index contributed by atoms with van der Waals surface area (Å²) in [4.78, 5) is 21.8. The first kappa shape index (κ1) is 16.2. The predicted molar refractivity (Wildman–Crippen MR) is 59.6 cm³/mol. The fourth-order valence-electron chi connectivity index (χ4n) is 1.13. The van der Waals surface area contributed by atoms with E-state index in [2.05, 4.69) is 0 Å². The van der Waals surface area contributed by atoms with Crippen molar-refractivity contribution in [2.45, 2.75) is 12.1 Å². The number of nitrogens with one attached hydrogen (secondary N) is 1. The molecule has 0 heterocycles. The summed E-state index contributed by atoms with van der Waals surface area (Å²) in [5, 5.41) is 1.20. The van der Waals surface area contributed by atoms with Gasteiger partial charge in [-0.25, -0.2) is 0 Å². The number of anilines is 1. The van der Waals surface area contributed by atoms with Gasteiger partial charge in [-0.05, 0) is 18.2 Å². The van der Waals surface area contributed by atoms with E-state index in [0.29, 0.717) is 0 Å².